The average Bonchev–Trinajstić information content (AvgIpc) is 2.39. The van der Waals surface area contributed by atoms with Crippen LogP contribution in [0, 0.1) is 5.92 Å². The maximum absolute atomic E-state index is 12.1. The molecule has 0 spiro atoms. The van der Waals surface area contributed by atoms with E-state index in [0.717, 1.165) is 38.5 Å². The molecular weight excluding hydrogens is 256 g/mol. The van der Waals surface area contributed by atoms with Crippen LogP contribution in [0.25, 0.3) is 0 Å². The first-order valence-electron chi connectivity index (χ1n) is 7.84. The van der Waals surface area contributed by atoms with Crippen molar-refractivity contribution in [2.24, 2.45) is 5.92 Å². The molecule has 0 aliphatic heterocycles. The summed E-state index contributed by atoms with van der Waals surface area (Å²) in [4.78, 5) is 23.6. The van der Waals surface area contributed by atoms with Crippen LogP contribution in [0.5, 0.6) is 0 Å². The molecule has 2 amide bonds. The minimum absolute atomic E-state index is 0.188. The largest absolute Gasteiger partial charge is 0.480 e. The summed E-state index contributed by atoms with van der Waals surface area (Å²) in [6, 6.07) is -0.124. The van der Waals surface area contributed by atoms with Gasteiger partial charge in [0.05, 0.1) is 0 Å². The van der Waals surface area contributed by atoms with Crippen LogP contribution in [-0.4, -0.2) is 28.7 Å². The van der Waals surface area contributed by atoms with Gasteiger partial charge < -0.3 is 15.7 Å². The van der Waals surface area contributed by atoms with E-state index in [9.17, 15) is 14.7 Å². The summed E-state index contributed by atoms with van der Waals surface area (Å²) in [5.41, 5.74) is -1.05. The van der Waals surface area contributed by atoms with Crippen molar-refractivity contribution in [2.45, 2.75) is 76.3 Å². The summed E-state index contributed by atoms with van der Waals surface area (Å²) in [5, 5.41) is 15.2. The van der Waals surface area contributed by atoms with Crippen molar-refractivity contribution in [3.63, 3.8) is 0 Å². The quantitative estimate of drug-likeness (QED) is 0.744. The van der Waals surface area contributed by atoms with Gasteiger partial charge in [-0.1, -0.05) is 39.0 Å². The van der Waals surface area contributed by atoms with E-state index < -0.39 is 11.5 Å². The summed E-state index contributed by atoms with van der Waals surface area (Å²) in [6.07, 6.45) is 8.21. The number of hydrogen-bond donors (Lipinski definition) is 3. The number of carboxylic acid groups (broad SMARTS) is 1. The van der Waals surface area contributed by atoms with Crippen LogP contribution in [0.3, 0.4) is 0 Å². The second-order valence-corrected chi connectivity index (χ2v) is 6.52. The number of aliphatic carboxylic acids is 1. The average molecular weight is 282 g/mol. The number of carboxylic acids is 1. The van der Waals surface area contributed by atoms with Crippen molar-refractivity contribution in [1.82, 2.24) is 10.6 Å². The molecule has 0 aromatic rings. The number of carbonyl (C=O) groups is 2. The molecule has 2 rings (SSSR count). The standard InChI is InChI=1S/C15H26N2O3/c1-11-6-5-7-12(10-11)16-14(20)17-15(13(18)19)8-3-2-4-9-15/h11-12H,2-10H2,1H3,(H,18,19)(H2,16,17,20). The Hall–Kier alpha value is -1.26. The van der Waals surface area contributed by atoms with Gasteiger partial charge in [-0.3, -0.25) is 0 Å². The first-order valence-corrected chi connectivity index (χ1v) is 7.84. The Morgan fingerprint density at radius 2 is 1.80 bits per heavy atom. The highest BCUT2D eigenvalue weighted by molar-refractivity contribution is 5.86. The van der Waals surface area contributed by atoms with E-state index in [2.05, 4.69) is 17.6 Å². The SMILES string of the molecule is CC1CCCC(NC(=O)NC2(C(=O)O)CCCCC2)C1. The van der Waals surface area contributed by atoms with Crippen molar-refractivity contribution in [3.8, 4) is 0 Å². The Balaban J connectivity index is 1.90. The molecule has 0 radical (unpaired) electrons. The Morgan fingerprint density at radius 1 is 1.10 bits per heavy atom. The molecule has 0 heterocycles. The maximum atomic E-state index is 12.1. The summed E-state index contributed by atoms with van der Waals surface area (Å²) in [5.74, 6) is -0.262. The van der Waals surface area contributed by atoms with Crippen molar-refractivity contribution in [2.75, 3.05) is 0 Å². The van der Waals surface area contributed by atoms with E-state index in [1.165, 1.54) is 6.42 Å². The molecule has 0 aromatic carbocycles. The lowest BCUT2D eigenvalue weighted by atomic mass is 9.82. The van der Waals surface area contributed by atoms with E-state index in [4.69, 9.17) is 0 Å². The third-order valence-electron chi connectivity index (χ3n) is 4.74. The Kier molecular flexibility index (Phi) is 4.89. The third-order valence-corrected chi connectivity index (χ3v) is 4.74. The molecule has 114 valence electrons. The lowest BCUT2D eigenvalue weighted by Gasteiger charge is -2.35. The zero-order chi connectivity index (χ0) is 14.6. The third kappa shape index (κ3) is 3.64. The summed E-state index contributed by atoms with van der Waals surface area (Å²) < 4.78 is 0. The molecule has 20 heavy (non-hydrogen) atoms. The lowest BCUT2D eigenvalue weighted by Crippen LogP contribution is -2.59. The molecule has 5 nitrogen and oxygen atoms in total. The molecule has 0 saturated heterocycles. The minimum Gasteiger partial charge on any atom is -0.480 e. The smallest absolute Gasteiger partial charge is 0.329 e. The first-order chi connectivity index (χ1) is 9.52. The lowest BCUT2D eigenvalue weighted by molar-refractivity contribution is -0.145. The summed E-state index contributed by atoms with van der Waals surface area (Å²) >= 11 is 0. The fraction of sp³-hybridized carbons (Fsp3) is 0.867. The topological polar surface area (TPSA) is 78.4 Å². The van der Waals surface area contributed by atoms with Gasteiger partial charge in [0.2, 0.25) is 0 Å². The monoisotopic (exact) mass is 282 g/mol. The van der Waals surface area contributed by atoms with Gasteiger partial charge in [-0.25, -0.2) is 9.59 Å². The van der Waals surface area contributed by atoms with Gasteiger partial charge >= 0.3 is 12.0 Å². The molecule has 3 N–H and O–H groups in total. The number of urea groups is 1. The molecule has 2 aliphatic rings. The van der Waals surface area contributed by atoms with Crippen molar-refractivity contribution in [3.05, 3.63) is 0 Å². The molecule has 0 aromatic heterocycles. The normalized spacial score (nSPS) is 29.4. The van der Waals surface area contributed by atoms with Gasteiger partial charge in [0.25, 0.3) is 0 Å². The summed E-state index contributed by atoms with van der Waals surface area (Å²) in [7, 11) is 0. The molecule has 2 aliphatic carbocycles. The highest BCUT2D eigenvalue weighted by Gasteiger charge is 2.41. The number of carbonyl (C=O) groups excluding carboxylic acids is 1. The fourth-order valence-electron chi connectivity index (χ4n) is 3.55. The maximum Gasteiger partial charge on any atom is 0.329 e. The van der Waals surface area contributed by atoms with Crippen LogP contribution >= 0.6 is 0 Å². The summed E-state index contributed by atoms with van der Waals surface area (Å²) in [6.45, 7) is 2.20. The highest BCUT2D eigenvalue weighted by atomic mass is 16.4. The molecule has 2 unspecified atom stereocenters. The molecule has 2 atom stereocenters. The van der Waals surface area contributed by atoms with E-state index in [-0.39, 0.29) is 12.1 Å². The number of nitrogens with one attached hydrogen (secondary N) is 2. The van der Waals surface area contributed by atoms with Crippen molar-refractivity contribution in [1.29, 1.82) is 0 Å². The van der Waals surface area contributed by atoms with E-state index in [1.54, 1.807) is 0 Å². The second kappa shape index (κ2) is 6.46. The second-order valence-electron chi connectivity index (χ2n) is 6.52. The zero-order valence-corrected chi connectivity index (χ0v) is 12.3. The molecule has 2 saturated carbocycles. The van der Waals surface area contributed by atoms with Crippen molar-refractivity contribution < 1.29 is 14.7 Å². The van der Waals surface area contributed by atoms with Crippen LogP contribution in [0.4, 0.5) is 4.79 Å². The zero-order valence-electron chi connectivity index (χ0n) is 12.3. The van der Waals surface area contributed by atoms with E-state index >= 15 is 0 Å². The number of rotatable bonds is 3. The van der Waals surface area contributed by atoms with Gasteiger partial charge in [0.15, 0.2) is 0 Å². The fourth-order valence-corrected chi connectivity index (χ4v) is 3.55. The van der Waals surface area contributed by atoms with Crippen molar-refractivity contribution >= 4 is 12.0 Å². The number of amides is 2. The van der Waals surface area contributed by atoms with Gasteiger partial charge in [-0.05, 0) is 31.6 Å². The molecular formula is C15H26N2O3. The molecule has 5 heteroatoms. The van der Waals surface area contributed by atoms with Crippen LogP contribution in [0.2, 0.25) is 0 Å². The highest BCUT2D eigenvalue weighted by Crippen LogP contribution is 2.29. The van der Waals surface area contributed by atoms with E-state index in [1.807, 2.05) is 0 Å². The minimum atomic E-state index is -1.05. The predicted octanol–water partition coefficient (Wildman–Crippen LogP) is 2.65. The molecule has 2 fully saturated rings. The van der Waals surface area contributed by atoms with E-state index in [0.29, 0.717) is 18.8 Å². The van der Waals surface area contributed by atoms with Crippen LogP contribution in [0.15, 0.2) is 0 Å². The van der Waals surface area contributed by atoms with Crippen LogP contribution in [-0.2, 0) is 4.79 Å². The van der Waals surface area contributed by atoms with Gasteiger partial charge in [-0.15, -0.1) is 0 Å². The Morgan fingerprint density at radius 3 is 2.40 bits per heavy atom. The number of hydrogen-bond acceptors (Lipinski definition) is 2. The Bertz CT molecular complexity index is 364. The van der Waals surface area contributed by atoms with Gasteiger partial charge in [0.1, 0.15) is 5.54 Å². The van der Waals surface area contributed by atoms with Gasteiger partial charge in [0, 0.05) is 6.04 Å². The van der Waals surface area contributed by atoms with Crippen LogP contribution in [0.1, 0.15) is 64.7 Å². The Labute approximate surface area is 120 Å². The predicted molar refractivity (Wildman–Crippen MR) is 76.5 cm³/mol. The first kappa shape index (κ1) is 15.1. The van der Waals surface area contributed by atoms with Crippen LogP contribution < -0.4 is 10.6 Å². The van der Waals surface area contributed by atoms with Gasteiger partial charge in [-0.2, -0.15) is 0 Å². The molecule has 0 bridgehead atoms.